The van der Waals surface area contributed by atoms with Crippen molar-refractivity contribution in [2.75, 3.05) is 6.61 Å². The minimum absolute atomic E-state index is 0.0111. The summed E-state index contributed by atoms with van der Waals surface area (Å²) in [4.78, 5) is 13.0. The highest BCUT2D eigenvalue weighted by atomic mass is 35.5. The zero-order chi connectivity index (χ0) is 21.8. The molecule has 0 spiro atoms. The molecule has 4 atom stereocenters. The maximum absolute atomic E-state index is 13.0. The van der Waals surface area contributed by atoms with E-state index in [2.05, 4.69) is 51.3 Å². The minimum atomic E-state index is -0.813. The number of nitriles is 1. The average Bonchev–Trinajstić information content (AvgIpc) is 2.99. The molecule has 160 valence electrons. The molecule has 6 heteroatoms. The lowest BCUT2D eigenvalue weighted by atomic mass is 9.70. The number of aliphatic hydroxyl groups is 1. The summed E-state index contributed by atoms with van der Waals surface area (Å²) in [5, 5.41) is 26.9. The summed E-state index contributed by atoms with van der Waals surface area (Å²) < 4.78 is 0. The minimum Gasteiger partial charge on any atom is -0.394 e. The Morgan fingerprint density at radius 3 is 2.48 bits per heavy atom. The molecule has 1 aliphatic heterocycles. The van der Waals surface area contributed by atoms with Gasteiger partial charge < -0.3 is 15.7 Å². The number of benzene rings is 1. The second kappa shape index (κ2) is 9.47. The molecule has 2 rings (SSSR count). The van der Waals surface area contributed by atoms with Gasteiger partial charge in [0.25, 0.3) is 0 Å². The van der Waals surface area contributed by atoms with Crippen LogP contribution in [0.25, 0.3) is 0 Å². The van der Waals surface area contributed by atoms with Crippen molar-refractivity contribution in [3.05, 3.63) is 34.9 Å². The van der Waals surface area contributed by atoms with Gasteiger partial charge in [-0.15, -0.1) is 0 Å². The zero-order valence-electron chi connectivity index (χ0n) is 18.1. The van der Waals surface area contributed by atoms with E-state index in [-0.39, 0.29) is 30.0 Å². The van der Waals surface area contributed by atoms with E-state index in [1.54, 1.807) is 12.1 Å². The number of halogens is 1. The summed E-state index contributed by atoms with van der Waals surface area (Å²) in [5.41, 5.74) is 0.0532. The highest BCUT2D eigenvalue weighted by molar-refractivity contribution is 6.30. The first kappa shape index (κ1) is 23.7. The van der Waals surface area contributed by atoms with Crippen molar-refractivity contribution < 1.29 is 9.90 Å². The summed E-state index contributed by atoms with van der Waals surface area (Å²) in [7, 11) is 0. The molecule has 1 saturated heterocycles. The molecule has 1 heterocycles. The third-order valence-electron chi connectivity index (χ3n) is 5.54. The number of rotatable bonds is 7. The Bertz CT molecular complexity index is 736. The first-order valence-electron chi connectivity index (χ1n) is 10.4. The predicted molar refractivity (Wildman–Crippen MR) is 117 cm³/mol. The highest BCUT2D eigenvalue weighted by Gasteiger charge is 2.51. The van der Waals surface area contributed by atoms with Crippen molar-refractivity contribution in [1.29, 1.82) is 5.26 Å². The van der Waals surface area contributed by atoms with Crippen molar-refractivity contribution in [1.82, 2.24) is 10.6 Å². The summed E-state index contributed by atoms with van der Waals surface area (Å²) in [5.74, 6) is 0.208. The fourth-order valence-electron chi connectivity index (χ4n) is 4.23. The van der Waals surface area contributed by atoms with E-state index < -0.39 is 11.5 Å². The Morgan fingerprint density at radius 1 is 1.38 bits per heavy atom. The van der Waals surface area contributed by atoms with Crippen molar-refractivity contribution in [2.45, 2.75) is 77.4 Å². The van der Waals surface area contributed by atoms with Gasteiger partial charge in [0.1, 0.15) is 0 Å². The molecule has 1 aromatic carbocycles. The summed E-state index contributed by atoms with van der Waals surface area (Å²) >= 11 is 6.06. The number of carbonyl (C=O) groups excluding carboxylic acids is 1. The van der Waals surface area contributed by atoms with Crippen LogP contribution in [0.5, 0.6) is 0 Å². The maximum Gasteiger partial charge on any atom is 0.237 e. The highest BCUT2D eigenvalue weighted by Crippen LogP contribution is 2.42. The fraction of sp³-hybridized carbons (Fsp3) is 0.652. The van der Waals surface area contributed by atoms with Crippen molar-refractivity contribution >= 4 is 17.5 Å². The van der Waals surface area contributed by atoms with E-state index in [0.717, 1.165) is 12.0 Å². The smallest absolute Gasteiger partial charge is 0.237 e. The van der Waals surface area contributed by atoms with E-state index >= 15 is 0 Å². The van der Waals surface area contributed by atoms with Crippen LogP contribution >= 0.6 is 11.6 Å². The van der Waals surface area contributed by atoms with Gasteiger partial charge in [-0.3, -0.25) is 4.79 Å². The van der Waals surface area contributed by atoms with Crippen LogP contribution in [0, 0.1) is 22.7 Å². The number of nitrogens with zero attached hydrogens (tertiary/aromatic N) is 1. The summed E-state index contributed by atoms with van der Waals surface area (Å²) in [6.07, 6.45) is 1.85. The van der Waals surface area contributed by atoms with Crippen LogP contribution in [-0.2, 0) is 10.2 Å². The molecule has 0 aromatic heterocycles. The van der Waals surface area contributed by atoms with Gasteiger partial charge in [0.05, 0.1) is 30.2 Å². The standard InChI is InChI=1S/C23H34ClN3O2/c1-15(2)10-18(13-28)26-21(29)19-11-23(14-25,16-6-8-17(24)9-7-16)20(27-19)12-22(3,4)5/h6-9,15,18-20,27-28H,10-13H2,1-5H3,(H,26,29)/t18-,19?,20?,23?/m1/s1. The number of nitrogens with one attached hydrogen (secondary N) is 2. The topological polar surface area (TPSA) is 85.2 Å². The van der Waals surface area contributed by atoms with Crippen LogP contribution < -0.4 is 10.6 Å². The SMILES string of the molecule is CC(C)C[C@H](CO)NC(=O)C1CC(C#N)(c2ccc(Cl)cc2)C(CC(C)(C)C)N1. The number of hydrogen-bond acceptors (Lipinski definition) is 4. The van der Waals surface area contributed by atoms with E-state index in [9.17, 15) is 15.2 Å². The van der Waals surface area contributed by atoms with E-state index in [0.29, 0.717) is 23.8 Å². The molecule has 1 amide bonds. The predicted octanol–water partition coefficient (Wildman–Crippen LogP) is 3.79. The molecule has 29 heavy (non-hydrogen) atoms. The summed E-state index contributed by atoms with van der Waals surface area (Å²) in [6.45, 7) is 10.4. The van der Waals surface area contributed by atoms with Gasteiger partial charge in [-0.1, -0.05) is 58.4 Å². The van der Waals surface area contributed by atoms with E-state index in [1.807, 2.05) is 12.1 Å². The lowest BCUT2D eigenvalue weighted by molar-refractivity contribution is -0.124. The Labute approximate surface area is 179 Å². The number of carbonyl (C=O) groups is 1. The van der Waals surface area contributed by atoms with Gasteiger partial charge >= 0.3 is 0 Å². The first-order chi connectivity index (χ1) is 13.5. The van der Waals surface area contributed by atoms with Crippen LogP contribution in [0.1, 0.15) is 59.4 Å². The van der Waals surface area contributed by atoms with Crippen LogP contribution in [0.15, 0.2) is 24.3 Å². The Kier molecular flexibility index (Phi) is 7.73. The molecule has 5 nitrogen and oxygen atoms in total. The summed E-state index contributed by atoms with van der Waals surface area (Å²) in [6, 6.07) is 8.97. The monoisotopic (exact) mass is 419 g/mol. The van der Waals surface area contributed by atoms with E-state index in [4.69, 9.17) is 11.6 Å². The average molecular weight is 420 g/mol. The zero-order valence-corrected chi connectivity index (χ0v) is 18.9. The largest absolute Gasteiger partial charge is 0.394 e. The van der Waals surface area contributed by atoms with Crippen LogP contribution in [0.3, 0.4) is 0 Å². The molecule has 0 aliphatic carbocycles. The molecule has 1 aromatic rings. The second-order valence-electron chi connectivity index (χ2n) is 9.85. The normalized spacial score (nSPS) is 25.6. The molecule has 3 unspecified atom stereocenters. The Balaban J connectivity index is 2.31. The van der Waals surface area contributed by atoms with Crippen LogP contribution in [-0.4, -0.2) is 35.7 Å². The van der Waals surface area contributed by atoms with Gasteiger partial charge in [-0.05, 0) is 48.3 Å². The maximum atomic E-state index is 13.0. The molecule has 0 bridgehead atoms. The van der Waals surface area contributed by atoms with Crippen molar-refractivity contribution in [2.24, 2.45) is 11.3 Å². The molecule has 3 N–H and O–H groups in total. The molecule has 0 saturated carbocycles. The Hall–Kier alpha value is -1.61. The van der Waals surface area contributed by atoms with Crippen molar-refractivity contribution in [3.63, 3.8) is 0 Å². The third kappa shape index (κ3) is 5.94. The molecular weight excluding hydrogens is 386 g/mol. The number of aliphatic hydroxyl groups excluding tert-OH is 1. The third-order valence-corrected chi connectivity index (χ3v) is 5.79. The van der Waals surface area contributed by atoms with Gasteiger partial charge in [0, 0.05) is 11.1 Å². The molecule has 1 aliphatic rings. The quantitative estimate of drug-likeness (QED) is 0.627. The molecular formula is C23H34ClN3O2. The van der Waals surface area contributed by atoms with Crippen LogP contribution in [0.4, 0.5) is 0 Å². The lowest BCUT2D eigenvalue weighted by Gasteiger charge is -2.33. The van der Waals surface area contributed by atoms with Crippen molar-refractivity contribution in [3.8, 4) is 6.07 Å². The first-order valence-corrected chi connectivity index (χ1v) is 10.7. The van der Waals surface area contributed by atoms with Gasteiger partial charge in [0.15, 0.2) is 0 Å². The number of amides is 1. The van der Waals surface area contributed by atoms with Gasteiger partial charge in [0.2, 0.25) is 5.91 Å². The molecule has 0 radical (unpaired) electrons. The second-order valence-corrected chi connectivity index (χ2v) is 10.3. The van der Waals surface area contributed by atoms with Crippen LogP contribution in [0.2, 0.25) is 5.02 Å². The number of hydrogen-bond donors (Lipinski definition) is 3. The molecule has 1 fully saturated rings. The van der Waals surface area contributed by atoms with E-state index in [1.165, 1.54) is 0 Å². The Morgan fingerprint density at radius 2 is 2.00 bits per heavy atom. The lowest BCUT2D eigenvalue weighted by Crippen LogP contribution is -2.48. The van der Waals surface area contributed by atoms with Gasteiger partial charge in [-0.2, -0.15) is 5.26 Å². The fourth-order valence-corrected chi connectivity index (χ4v) is 4.35. The van der Waals surface area contributed by atoms with Gasteiger partial charge in [-0.25, -0.2) is 0 Å².